The number of nitro benzene ring substituents is 1. The minimum absolute atomic E-state index is 0.0868. The minimum atomic E-state index is -4.04. The number of hydrogen-bond acceptors (Lipinski definition) is 6. The number of benzene rings is 2. The molecule has 0 unspecified atom stereocenters. The van der Waals surface area contributed by atoms with Crippen molar-refractivity contribution in [1.29, 1.82) is 0 Å². The molecule has 1 aliphatic rings. The molecule has 2 aromatic rings. The van der Waals surface area contributed by atoms with Crippen LogP contribution in [0.1, 0.15) is 0 Å². The number of non-ortho nitro benzene ring substituents is 1. The van der Waals surface area contributed by atoms with Crippen molar-refractivity contribution in [3.05, 3.63) is 56.6 Å². The predicted octanol–water partition coefficient (Wildman–Crippen LogP) is 3.71. The van der Waals surface area contributed by atoms with Crippen LogP contribution in [0.2, 0.25) is 10.0 Å². The first kappa shape index (κ1) is 19.8. The van der Waals surface area contributed by atoms with Gasteiger partial charge < -0.3 is 9.47 Å². The van der Waals surface area contributed by atoms with E-state index in [1.165, 1.54) is 16.4 Å². The summed E-state index contributed by atoms with van der Waals surface area (Å²) >= 11 is 12.1. The third-order valence-corrected chi connectivity index (χ3v) is 6.58. The van der Waals surface area contributed by atoms with E-state index in [4.69, 9.17) is 32.7 Å². The molecule has 0 amide bonds. The standard InChI is InChI=1S/C16H14Cl2N2O6S/c17-12-2-1-3-14(16(12)18)26-13-5-4-11(20(21)22)10-15(13)27(23,24)19-6-8-25-9-7-19/h1-5,10H,6-9H2. The molecule has 1 aliphatic heterocycles. The maximum absolute atomic E-state index is 13.0. The molecule has 0 radical (unpaired) electrons. The molecule has 0 aromatic heterocycles. The highest BCUT2D eigenvalue weighted by atomic mass is 35.5. The topological polar surface area (TPSA) is 99.0 Å². The molecular formula is C16H14Cl2N2O6S. The van der Waals surface area contributed by atoms with Gasteiger partial charge in [-0.05, 0) is 18.2 Å². The number of sulfonamides is 1. The maximum Gasteiger partial charge on any atom is 0.271 e. The van der Waals surface area contributed by atoms with Crippen LogP contribution in [-0.2, 0) is 14.8 Å². The van der Waals surface area contributed by atoms with Crippen molar-refractivity contribution in [2.75, 3.05) is 26.3 Å². The molecule has 0 aliphatic carbocycles. The van der Waals surface area contributed by atoms with Crippen LogP contribution in [-0.4, -0.2) is 43.9 Å². The number of nitro groups is 1. The molecule has 1 saturated heterocycles. The summed E-state index contributed by atoms with van der Waals surface area (Å²) in [5.41, 5.74) is -0.369. The Hall–Kier alpha value is -1.91. The predicted molar refractivity (Wildman–Crippen MR) is 99.2 cm³/mol. The van der Waals surface area contributed by atoms with Gasteiger partial charge in [-0.15, -0.1) is 0 Å². The first-order chi connectivity index (χ1) is 12.8. The zero-order valence-corrected chi connectivity index (χ0v) is 16.1. The normalized spacial score (nSPS) is 15.5. The monoisotopic (exact) mass is 432 g/mol. The van der Waals surface area contributed by atoms with Gasteiger partial charge >= 0.3 is 0 Å². The lowest BCUT2D eigenvalue weighted by Crippen LogP contribution is -2.40. The molecular weight excluding hydrogens is 419 g/mol. The Morgan fingerprint density at radius 1 is 1.11 bits per heavy atom. The highest BCUT2D eigenvalue weighted by Crippen LogP contribution is 2.38. The average molecular weight is 433 g/mol. The number of hydrogen-bond donors (Lipinski definition) is 0. The van der Waals surface area contributed by atoms with Crippen molar-refractivity contribution < 1.29 is 22.8 Å². The van der Waals surface area contributed by atoms with E-state index in [-0.39, 0.29) is 58.4 Å². The highest BCUT2D eigenvalue weighted by Gasteiger charge is 2.31. The van der Waals surface area contributed by atoms with E-state index in [0.29, 0.717) is 0 Å². The van der Waals surface area contributed by atoms with Crippen LogP contribution >= 0.6 is 23.2 Å². The van der Waals surface area contributed by atoms with Gasteiger partial charge in [-0.25, -0.2) is 8.42 Å². The zero-order valence-electron chi connectivity index (χ0n) is 13.8. The molecule has 0 saturated carbocycles. The number of ether oxygens (including phenoxy) is 2. The lowest BCUT2D eigenvalue weighted by Gasteiger charge is -2.26. The fourth-order valence-electron chi connectivity index (χ4n) is 2.50. The Bertz CT molecular complexity index is 977. The van der Waals surface area contributed by atoms with Gasteiger partial charge in [0.2, 0.25) is 10.0 Å². The van der Waals surface area contributed by atoms with Crippen molar-refractivity contribution in [2.45, 2.75) is 4.90 Å². The molecule has 0 bridgehead atoms. The molecule has 1 heterocycles. The van der Waals surface area contributed by atoms with E-state index in [1.54, 1.807) is 12.1 Å². The van der Waals surface area contributed by atoms with Crippen molar-refractivity contribution in [3.63, 3.8) is 0 Å². The Balaban J connectivity index is 2.08. The van der Waals surface area contributed by atoms with Crippen LogP contribution in [0.3, 0.4) is 0 Å². The second-order valence-electron chi connectivity index (χ2n) is 5.56. The molecule has 144 valence electrons. The quantitative estimate of drug-likeness (QED) is 0.527. The first-order valence-corrected chi connectivity index (χ1v) is 9.98. The number of rotatable bonds is 5. The van der Waals surface area contributed by atoms with Crippen molar-refractivity contribution in [3.8, 4) is 11.5 Å². The SMILES string of the molecule is O=[N+]([O-])c1ccc(Oc2cccc(Cl)c2Cl)c(S(=O)(=O)N2CCOCC2)c1. The van der Waals surface area contributed by atoms with Gasteiger partial charge in [-0.1, -0.05) is 29.3 Å². The van der Waals surface area contributed by atoms with E-state index >= 15 is 0 Å². The Morgan fingerprint density at radius 3 is 2.48 bits per heavy atom. The molecule has 0 spiro atoms. The molecule has 8 nitrogen and oxygen atoms in total. The van der Waals surface area contributed by atoms with Crippen LogP contribution in [0.15, 0.2) is 41.3 Å². The third kappa shape index (κ3) is 4.17. The van der Waals surface area contributed by atoms with Crippen molar-refractivity contribution in [2.24, 2.45) is 0 Å². The molecule has 1 fully saturated rings. The molecule has 2 aromatic carbocycles. The van der Waals surface area contributed by atoms with Gasteiger partial charge in [-0.2, -0.15) is 4.31 Å². The number of halogens is 2. The van der Waals surface area contributed by atoms with E-state index < -0.39 is 14.9 Å². The highest BCUT2D eigenvalue weighted by molar-refractivity contribution is 7.89. The van der Waals surface area contributed by atoms with Crippen LogP contribution in [0, 0.1) is 10.1 Å². The van der Waals surface area contributed by atoms with Crippen molar-refractivity contribution in [1.82, 2.24) is 4.31 Å². The van der Waals surface area contributed by atoms with E-state index in [1.807, 2.05) is 0 Å². The summed E-state index contributed by atoms with van der Waals surface area (Å²) in [5.74, 6) is 0.0488. The second kappa shape index (κ2) is 7.99. The average Bonchev–Trinajstić information content (AvgIpc) is 2.66. The zero-order chi connectivity index (χ0) is 19.6. The largest absolute Gasteiger partial charge is 0.454 e. The second-order valence-corrected chi connectivity index (χ2v) is 8.25. The number of nitrogens with zero attached hydrogens (tertiary/aromatic N) is 2. The van der Waals surface area contributed by atoms with E-state index in [2.05, 4.69) is 0 Å². The molecule has 0 N–H and O–H groups in total. The Kier molecular flexibility index (Phi) is 5.87. The fourth-order valence-corrected chi connectivity index (χ4v) is 4.38. The summed E-state index contributed by atoms with van der Waals surface area (Å²) in [6.45, 7) is 0.764. The van der Waals surface area contributed by atoms with E-state index in [9.17, 15) is 18.5 Å². The summed E-state index contributed by atoms with van der Waals surface area (Å²) in [6, 6.07) is 8.01. The van der Waals surface area contributed by atoms with Gasteiger partial charge in [0.15, 0.2) is 0 Å². The summed E-state index contributed by atoms with van der Waals surface area (Å²) in [4.78, 5) is 10.1. The summed E-state index contributed by atoms with van der Waals surface area (Å²) in [7, 11) is -4.04. The summed E-state index contributed by atoms with van der Waals surface area (Å²) in [6.07, 6.45) is 0. The van der Waals surface area contributed by atoms with Crippen LogP contribution in [0.4, 0.5) is 5.69 Å². The van der Waals surface area contributed by atoms with Crippen LogP contribution in [0.25, 0.3) is 0 Å². The Morgan fingerprint density at radius 2 is 1.81 bits per heavy atom. The lowest BCUT2D eigenvalue weighted by atomic mass is 10.3. The maximum atomic E-state index is 13.0. The van der Waals surface area contributed by atoms with Gasteiger partial charge in [0, 0.05) is 25.2 Å². The molecule has 27 heavy (non-hydrogen) atoms. The van der Waals surface area contributed by atoms with Crippen LogP contribution in [0.5, 0.6) is 11.5 Å². The summed E-state index contributed by atoms with van der Waals surface area (Å²) < 4.78 is 38.1. The fraction of sp³-hybridized carbons (Fsp3) is 0.250. The van der Waals surface area contributed by atoms with Gasteiger partial charge in [-0.3, -0.25) is 10.1 Å². The number of morpholine rings is 1. The minimum Gasteiger partial charge on any atom is -0.454 e. The smallest absolute Gasteiger partial charge is 0.271 e. The third-order valence-electron chi connectivity index (χ3n) is 3.86. The molecule has 11 heteroatoms. The summed E-state index contributed by atoms with van der Waals surface area (Å²) in [5, 5.41) is 11.5. The first-order valence-electron chi connectivity index (χ1n) is 7.79. The van der Waals surface area contributed by atoms with Gasteiger partial charge in [0.1, 0.15) is 21.4 Å². The molecule has 0 atom stereocenters. The lowest BCUT2D eigenvalue weighted by molar-refractivity contribution is -0.385. The Labute approximate surface area is 165 Å². The van der Waals surface area contributed by atoms with Crippen molar-refractivity contribution >= 4 is 38.9 Å². The van der Waals surface area contributed by atoms with Crippen LogP contribution < -0.4 is 4.74 Å². The van der Waals surface area contributed by atoms with Gasteiger partial charge in [0.05, 0.1) is 23.2 Å². The van der Waals surface area contributed by atoms with Gasteiger partial charge in [0.25, 0.3) is 5.69 Å². The molecule has 3 rings (SSSR count). The van der Waals surface area contributed by atoms with E-state index in [0.717, 1.165) is 12.1 Å².